The number of nitrogens with zero attached hydrogens (tertiary/aromatic N) is 2. The van der Waals surface area contributed by atoms with Crippen LogP contribution in [0.25, 0.3) is 21.8 Å². The highest BCUT2D eigenvalue weighted by Gasteiger charge is 2.17. The van der Waals surface area contributed by atoms with Gasteiger partial charge in [0.2, 0.25) is 0 Å². The molecule has 4 rings (SSSR count). The van der Waals surface area contributed by atoms with E-state index in [1.54, 1.807) is 0 Å². The van der Waals surface area contributed by atoms with Gasteiger partial charge >= 0.3 is 0 Å². The van der Waals surface area contributed by atoms with Crippen LogP contribution < -0.4 is 5.32 Å². The Labute approximate surface area is 127 Å². The van der Waals surface area contributed by atoms with Gasteiger partial charge in [-0.05, 0) is 36.4 Å². The molecule has 4 aromatic rings. The molecule has 8 heteroatoms. The maximum atomic E-state index is 13.4. The van der Waals surface area contributed by atoms with E-state index >= 15 is 0 Å². The maximum Gasteiger partial charge on any atom is 0.278 e. The van der Waals surface area contributed by atoms with E-state index in [4.69, 9.17) is 0 Å². The molecule has 2 heterocycles. The van der Waals surface area contributed by atoms with Crippen molar-refractivity contribution in [1.82, 2.24) is 20.4 Å². The normalized spacial score (nSPS) is 11.2. The van der Waals surface area contributed by atoms with Crippen molar-refractivity contribution in [3.05, 3.63) is 53.7 Å². The van der Waals surface area contributed by atoms with Gasteiger partial charge in [0.25, 0.3) is 5.91 Å². The molecule has 0 aliphatic rings. The number of halogens is 2. The van der Waals surface area contributed by atoms with Crippen molar-refractivity contribution < 1.29 is 13.6 Å². The third-order valence-electron chi connectivity index (χ3n) is 3.50. The summed E-state index contributed by atoms with van der Waals surface area (Å²) >= 11 is 0. The Morgan fingerprint density at radius 2 is 1.65 bits per heavy atom. The lowest BCUT2D eigenvalue weighted by Gasteiger charge is -2.00. The first-order valence-corrected chi connectivity index (χ1v) is 6.70. The van der Waals surface area contributed by atoms with Crippen molar-refractivity contribution in [3.8, 4) is 0 Å². The second-order valence-corrected chi connectivity index (χ2v) is 4.98. The molecule has 114 valence electrons. The molecule has 0 spiro atoms. The summed E-state index contributed by atoms with van der Waals surface area (Å²) < 4.78 is 26.5. The number of carbonyl (C=O) groups excluding carboxylic acids is 1. The van der Waals surface area contributed by atoms with Crippen molar-refractivity contribution in [2.45, 2.75) is 0 Å². The minimum absolute atomic E-state index is 0.0535. The monoisotopic (exact) mass is 313 g/mol. The number of nitrogens with one attached hydrogen (secondary N) is 3. The zero-order valence-electron chi connectivity index (χ0n) is 11.5. The van der Waals surface area contributed by atoms with E-state index in [9.17, 15) is 13.6 Å². The largest absolute Gasteiger partial charge is 0.303 e. The van der Waals surface area contributed by atoms with Crippen LogP contribution in [-0.4, -0.2) is 26.3 Å². The van der Waals surface area contributed by atoms with Gasteiger partial charge < -0.3 is 5.32 Å². The highest BCUT2D eigenvalue weighted by Crippen LogP contribution is 2.23. The number of anilines is 1. The summed E-state index contributed by atoms with van der Waals surface area (Å²) in [4.78, 5) is 12.4. The predicted octanol–water partition coefficient (Wildman–Crippen LogP) is 2.97. The van der Waals surface area contributed by atoms with Crippen LogP contribution in [0.1, 0.15) is 10.5 Å². The molecular weight excluding hydrogens is 304 g/mol. The van der Waals surface area contributed by atoms with E-state index in [0.29, 0.717) is 21.8 Å². The molecule has 0 bridgehead atoms. The lowest BCUT2D eigenvalue weighted by Crippen LogP contribution is -2.13. The summed E-state index contributed by atoms with van der Waals surface area (Å²) in [6.07, 6.45) is 0. The number of H-pyrrole nitrogens is 2. The number of aromatic nitrogens is 4. The zero-order valence-corrected chi connectivity index (χ0v) is 11.5. The number of benzene rings is 2. The molecule has 6 nitrogen and oxygen atoms in total. The van der Waals surface area contributed by atoms with Crippen LogP contribution >= 0.6 is 0 Å². The van der Waals surface area contributed by atoms with Crippen molar-refractivity contribution in [3.63, 3.8) is 0 Å². The number of hydrogen-bond donors (Lipinski definition) is 3. The summed E-state index contributed by atoms with van der Waals surface area (Å²) in [5.74, 6) is -1.17. The van der Waals surface area contributed by atoms with E-state index < -0.39 is 17.5 Å². The zero-order chi connectivity index (χ0) is 16.0. The van der Waals surface area contributed by atoms with E-state index in [1.807, 2.05) is 0 Å². The Balaban J connectivity index is 1.72. The van der Waals surface area contributed by atoms with Gasteiger partial charge in [0.15, 0.2) is 11.5 Å². The molecule has 0 atom stereocenters. The van der Waals surface area contributed by atoms with E-state index in [2.05, 4.69) is 25.7 Å². The molecule has 0 saturated carbocycles. The average Bonchev–Trinajstić information content (AvgIpc) is 3.11. The second-order valence-electron chi connectivity index (χ2n) is 4.98. The Morgan fingerprint density at radius 3 is 2.52 bits per heavy atom. The van der Waals surface area contributed by atoms with Gasteiger partial charge in [0, 0.05) is 10.8 Å². The molecular formula is C15H9F2N5O. The lowest BCUT2D eigenvalue weighted by atomic mass is 10.2. The number of carbonyl (C=O) groups is 1. The van der Waals surface area contributed by atoms with Crippen LogP contribution in [0.4, 0.5) is 14.6 Å². The Bertz CT molecular complexity index is 1050. The predicted molar refractivity (Wildman–Crippen MR) is 80.1 cm³/mol. The van der Waals surface area contributed by atoms with Crippen LogP contribution in [-0.2, 0) is 0 Å². The van der Waals surface area contributed by atoms with Gasteiger partial charge in [-0.3, -0.25) is 15.0 Å². The van der Waals surface area contributed by atoms with E-state index in [-0.39, 0.29) is 11.5 Å². The van der Waals surface area contributed by atoms with E-state index in [1.165, 1.54) is 36.4 Å². The summed E-state index contributed by atoms with van der Waals surface area (Å²) in [6, 6.07) is 8.06. The third-order valence-corrected chi connectivity index (χ3v) is 3.50. The number of rotatable bonds is 2. The average molecular weight is 313 g/mol. The molecule has 0 aliphatic heterocycles. The maximum absolute atomic E-state index is 13.4. The SMILES string of the molecule is O=C(Nc1n[nH]c2cc(F)ccc12)c1n[nH]c2ccc(F)cc12. The molecule has 3 N–H and O–H groups in total. The molecule has 0 unspecified atom stereocenters. The van der Waals surface area contributed by atoms with Crippen molar-refractivity contribution >= 4 is 33.5 Å². The quantitative estimate of drug-likeness (QED) is 0.532. The Morgan fingerprint density at radius 1 is 0.913 bits per heavy atom. The van der Waals surface area contributed by atoms with Gasteiger partial charge in [0.1, 0.15) is 11.6 Å². The minimum atomic E-state index is -0.542. The van der Waals surface area contributed by atoms with Crippen molar-refractivity contribution in [2.24, 2.45) is 0 Å². The van der Waals surface area contributed by atoms with Gasteiger partial charge in [-0.15, -0.1) is 0 Å². The molecule has 0 radical (unpaired) electrons. The minimum Gasteiger partial charge on any atom is -0.303 e. The fraction of sp³-hybridized carbons (Fsp3) is 0. The van der Waals surface area contributed by atoms with Gasteiger partial charge in [-0.1, -0.05) is 0 Å². The summed E-state index contributed by atoms with van der Waals surface area (Å²) in [6.45, 7) is 0. The molecule has 2 aromatic carbocycles. The topological polar surface area (TPSA) is 86.5 Å². The van der Waals surface area contributed by atoms with Gasteiger partial charge in [0.05, 0.1) is 11.0 Å². The van der Waals surface area contributed by atoms with E-state index in [0.717, 1.165) is 0 Å². The van der Waals surface area contributed by atoms with Crippen LogP contribution in [0.15, 0.2) is 36.4 Å². The van der Waals surface area contributed by atoms with Crippen molar-refractivity contribution in [2.75, 3.05) is 5.32 Å². The fourth-order valence-electron chi connectivity index (χ4n) is 2.41. The Hall–Kier alpha value is -3.29. The molecule has 0 aliphatic carbocycles. The summed E-state index contributed by atoms with van der Waals surface area (Å²) in [5.41, 5.74) is 1.06. The van der Waals surface area contributed by atoms with Gasteiger partial charge in [-0.2, -0.15) is 10.2 Å². The number of hydrogen-bond acceptors (Lipinski definition) is 3. The highest BCUT2D eigenvalue weighted by molar-refractivity contribution is 6.13. The van der Waals surface area contributed by atoms with Crippen LogP contribution in [0.5, 0.6) is 0 Å². The first kappa shape index (κ1) is 13.4. The first-order valence-electron chi connectivity index (χ1n) is 6.70. The lowest BCUT2D eigenvalue weighted by molar-refractivity contribution is 0.102. The molecule has 1 amide bonds. The highest BCUT2D eigenvalue weighted by atomic mass is 19.1. The van der Waals surface area contributed by atoms with Crippen LogP contribution in [0, 0.1) is 11.6 Å². The Kier molecular flexibility index (Phi) is 2.83. The molecule has 2 aromatic heterocycles. The third kappa shape index (κ3) is 2.20. The first-order chi connectivity index (χ1) is 11.1. The van der Waals surface area contributed by atoms with Gasteiger partial charge in [-0.25, -0.2) is 8.78 Å². The number of aromatic amines is 2. The summed E-state index contributed by atoms with van der Waals surface area (Å²) in [7, 11) is 0. The second kappa shape index (κ2) is 4.87. The van der Waals surface area contributed by atoms with Crippen LogP contribution in [0.3, 0.4) is 0 Å². The smallest absolute Gasteiger partial charge is 0.278 e. The van der Waals surface area contributed by atoms with Crippen molar-refractivity contribution in [1.29, 1.82) is 0 Å². The molecule has 23 heavy (non-hydrogen) atoms. The number of amides is 1. The molecule has 0 saturated heterocycles. The fourth-order valence-corrected chi connectivity index (χ4v) is 2.41. The standard InChI is InChI=1S/C15H9F2N5O/c16-7-2-4-11-10(5-7)13(21-19-11)15(23)18-14-9-3-1-8(17)6-12(9)20-22-14/h1-6H,(H,19,21)(H2,18,20,22,23). The molecule has 0 fully saturated rings. The number of fused-ring (bicyclic) bond motifs is 2. The van der Waals surface area contributed by atoms with Crippen LogP contribution in [0.2, 0.25) is 0 Å². The summed E-state index contributed by atoms with van der Waals surface area (Å²) in [5, 5.41) is 16.7.